The molecule has 8 heteroatoms. The molecule has 0 aliphatic heterocycles. The Morgan fingerprint density at radius 3 is 2.33 bits per heavy atom. The van der Waals surface area contributed by atoms with Gasteiger partial charge < -0.3 is 4.74 Å². The third kappa shape index (κ3) is 1.51. The number of ether oxygens (including phenoxy) is 1. The molecule has 1 rings (SSSR count). The van der Waals surface area contributed by atoms with Gasteiger partial charge in [0.1, 0.15) is 0 Å². The first-order valence-corrected chi connectivity index (χ1v) is 5.16. The molecule has 0 N–H and O–H groups in total. The largest absolute Gasteiger partial charge is 0.467 e. The van der Waals surface area contributed by atoms with Gasteiger partial charge in [-0.05, 0) is 0 Å². The summed E-state index contributed by atoms with van der Waals surface area (Å²) in [4.78, 5) is 0. The predicted octanol–water partition coefficient (Wildman–Crippen LogP) is -0.249. The van der Waals surface area contributed by atoms with Crippen molar-refractivity contribution in [3.63, 3.8) is 0 Å². The Morgan fingerprint density at radius 1 is 1.50 bits per heavy atom. The molecule has 6 nitrogen and oxygen atoms in total. The van der Waals surface area contributed by atoms with Crippen LogP contribution in [0.25, 0.3) is 0 Å². The molecule has 0 fully saturated rings. The van der Waals surface area contributed by atoms with Gasteiger partial charge in [-0.1, -0.05) is 5.10 Å². The smallest absolute Gasteiger partial charge is 0.317 e. The van der Waals surface area contributed by atoms with E-state index in [-0.39, 0.29) is 11.2 Å². The van der Waals surface area contributed by atoms with E-state index in [0.717, 1.165) is 4.57 Å². The van der Waals surface area contributed by atoms with Crippen LogP contribution in [-0.4, -0.2) is 30.3 Å². The molecular weight excluding hydrogens is 206 g/mol. The highest BCUT2D eigenvalue weighted by molar-refractivity contribution is 8.13. The molecule has 12 heavy (non-hydrogen) atoms. The summed E-state index contributed by atoms with van der Waals surface area (Å²) in [5, 5.41) is 6.42. The van der Waals surface area contributed by atoms with Gasteiger partial charge in [0.25, 0.3) is 14.2 Å². The second kappa shape index (κ2) is 2.91. The average molecular weight is 212 g/mol. The number of nitrogens with zero attached hydrogens (tertiary/aromatic N) is 3. The van der Waals surface area contributed by atoms with E-state index < -0.39 is 9.05 Å². The van der Waals surface area contributed by atoms with Crippen LogP contribution in [-0.2, 0) is 16.1 Å². The Labute approximate surface area is 73.5 Å². The van der Waals surface area contributed by atoms with E-state index in [4.69, 9.17) is 10.7 Å². The van der Waals surface area contributed by atoms with E-state index in [0.29, 0.717) is 0 Å². The van der Waals surface area contributed by atoms with Crippen LogP contribution in [0.1, 0.15) is 0 Å². The van der Waals surface area contributed by atoms with Gasteiger partial charge in [-0.3, -0.25) is 4.57 Å². The summed E-state index contributed by atoms with van der Waals surface area (Å²) in [5.74, 6) is 0. The number of hydrogen-bond donors (Lipinski definition) is 0. The highest BCUT2D eigenvalue weighted by atomic mass is 35.7. The van der Waals surface area contributed by atoms with Crippen molar-refractivity contribution in [3.05, 3.63) is 0 Å². The quantitative estimate of drug-likeness (QED) is 0.631. The maximum Gasteiger partial charge on any atom is 0.317 e. The summed E-state index contributed by atoms with van der Waals surface area (Å²) in [7, 11) is 3.98. The number of methoxy groups -OCH3 is 1. The molecule has 1 aromatic rings. The van der Waals surface area contributed by atoms with Gasteiger partial charge in [0.2, 0.25) is 0 Å². The lowest BCUT2D eigenvalue weighted by Crippen LogP contribution is -2.02. The van der Waals surface area contributed by atoms with Gasteiger partial charge in [-0.15, -0.1) is 5.10 Å². The van der Waals surface area contributed by atoms with Gasteiger partial charge in [0.05, 0.1) is 7.11 Å². The monoisotopic (exact) mass is 211 g/mol. The minimum atomic E-state index is -3.84. The van der Waals surface area contributed by atoms with Gasteiger partial charge in [0, 0.05) is 17.7 Å². The minimum Gasteiger partial charge on any atom is -0.467 e. The maximum atomic E-state index is 10.8. The lowest BCUT2D eigenvalue weighted by molar-refractivity contribution is 0.361. The molecule has 0 atom stereocenters. The third-order valence-corrected chi connectivity index (χ3v) is 2.40. The summed E-state index contributed by atoms with van der Waals surface area (Å²) < 4.78 is 27.4. The van der Waals surface area contributed by atoms with Crippen molar-refractivity contribution in [1.29, 1.82) is 0 Å². The van der Waals surface area contributed by atoms with Crippen molar-refractivity contribution in [2.75, 3.05) is 7.11 Å². The van der Waals surface area contributed by atoms with Gasteiger partial charge >= 0.3 is 6.01 Å². The van der Waals surface area contributed by atoms with Gasteiger partial charge in [-0.2, -0.15) is 0 Å². The average Bonchev–Trinajstić information content (AvgIpc) is 2.29. The molecule has 0 aliphatic rings. The van der Waals surface area contributed by atoms with Crippen LogP contribution in [0.2, 0.25) is 0 Å². The number of halogens is 1. The van der Waals surface area contributed by atoms with Crippen molar-refractivity contribution in [3.8, 4) is 6.01 Å². The van der Waals surface area contributed by atoms with Crippen molar-refractivity contribution in [2.45, 2.75) is 5.16 Å². The third-order valence-electron chi connectivity index (χ3n) is 1.20. The zero-order valence-corrected chi connectivity index (χ0v) is 7.93. The molecule has 68 valence electrons. The van der Waals surface area contributed by atoms with Crippen LogP contribution in [0, 0.1) is 0 Å². The molecule has 0 aromatic carbocycles. The van der Waals surface area contributed by atoms with Crippen molar-refractivity contribution >= 4 is 19.7 Å². The van der Waals surface area contributed by atoms with Crippen molar-refractivity contribution in [2.24, 2.45) is 7.05 Å². The van der Waals surface area contributed by atoms with Crippen LogP contribution < -0.4 is 4.74 Å². The minimum absolute atomic E-state index is 0.0919. The summed E-state index contributed by atoms with van der Waals surface area (Å²) in [6.45, 7) is 0. The SMILES string of the molecule is COc1nnc(S(=O)(=O)Cl)n1C. The van der Waals surface area contributed by atoms with Crippen molar-refractivity contribution < 1.29 is 13.2 Å². The van der Waals surface area contributed by atoms with Crippen LogP contribution in [0.15, 0.2) is 5.16 Å². The molecule has 0 amide bonds. The molecule has 0 bridgehead atoms. The van der Waals surface area contributed by atoms with Crippen LogP contribution in [0.3, 0.4) is 0 Å². The van der Waals surface area contributed by atoms with E-state index >= 15 is 0 Å². The van der Waals surface area contributed by atoms with Crippen LogP contribution in [0.4, 0.5) is 0 Å². The fourth-order valence-electron chi connectivity index (χ4n) is 0.692. The molecule has 0 saturated carbocycles. The van der Waals surface area contributed by atoms with Crippen LogP contribution >= 0.6 is 10.7 Å². The summed E-state index contributed by atoms with van der Waals surface area (Å²) in [5.41, 5.74) is 0. The second-order valence-corrected chi connectivity index (χ2v) is 4.43. The Bertz CT molecular complexity index is 384. The van der Waals surface area contributed by atoms with E-state index in [1.165, 1.54) is 14.2 Å². The summed E-state index contributed by atoms with van der Waals surface area (Å²) in [6, 6.07) is 0.0919. The van der Waals surface area contributed by atoms with Crippen LogP contribution in [0.5, 0.6) is 6.01 Å². The number of hydrogen-bond acceptors (Lipinski definition) is 5. The fraction of sp³-hybridized carbons (Fsp3) is 0.500. The lowest BCUT2D eigenvalue weighted by Gasteiger charge is -1.97. The molecule has 0 spiro atoms. The number of rotatable bonds is 2. The molecule has 0 aliphatic carbocycles. The predicted molar refractivity (Wildman–Crippen MR) is 40.6 cm³/mol. The molecule has 1 aromatic heterocycles. The van der Waals surface area contributed by atoms with Gasteiger partial charge in [-0.25, -0.2) is 8.42 Å². The molecule has 0 unspecified atom stereocenters. The zero-order valence-electron chi connectivity index (χ0n) is 6.35. The molecule has 0 radical (unpaired) electrons. The normalized spacial score (nSPS) is 11.6. The maximum absolute atomic E-state index is 10.8. The Balaban J connectivity index is 3.30. The van der Waals surface area contributed by atoms with E-state index in [2.05, 4.69) is 14.9 Å². The first-order chi connectivity index (χ1) is 5.46. The standard InChI is InChI=1S/C4H6ClN3O3S/c1-8-3(11-2)6-7-4(8)12(5,9)10/h1-2H3. The molecular formula is C4H6ClN3O3S. The first-order valence-electron chi connectivity index (χ1n) is 2.85. The molecule has 0 saturated heterocycles. The Kier molecular flexibility index (Phi) is 2.25. The zero-order chi connectivity index (χ0) is 9.35. The number of aromatic nitrogens is 3. The van der Waals surface area contributed by atoms with E-state index in [1.54, 1.807) is 0 Å². The van der Waals surface area contributed by atoms with Gasteiger partial charge in [0.15, 0.2) is 0 Å². The van der Waals surface area contributed by atoms with E-state index in [1.807, 2.05) is 0 Å². The Hall–Kier alpha value is -0.820. The van der Waals surface area contributed by atoms with Crippen molar-refractivity contribution in [1.82, 2.24) is 14.8 Å². The fourth-order valence-corrected chi connectivity index (χ4v) is 1.64. The lowest BCUT2D eigenvalue weighted by atomic mass is 11.0. The van der Waals surface area contributed by atoms with E-state index in [9.17, 15) is 8.42 Å². The topological polar surface area (TPSA) is 74.1 Å². The highest BCUT2D eigenvalue weighted by Crippen LogP contribution is 2.15. The summed E-state index contributed by atoms with van der Waals surface area (Å²) >= 11 is 0. The Morgan fingerprint density at radius 2 is 2.08 bits per heavy atom. The first kappa shape index (κ1) is 9.27. The second-order valence-electron chi connectivity index (χ2n) is 1.97. The molecule has 1 heterocycles. The highest BCUT2D eigenvalue weighted by Gasteiger charge is 2.20. The summed E-state index contributed by atoms with van der Waals surface area (Å²) in [6.07, 6.45) is 0.